The fourth-order valence-electron chi connectivity index (χ4n) is 2.23. The molecule has 0 atom stereocenters. The molecule has 112 valence electrons. The first kappa shape index (κ1) is 15.8. The van der Waals surface area contributed by atoms with E-state index in [9.17, 15) is 4.79 Å². The monoisotopic (exact) mass is 302 g/mol. The second-order valence-corrected chi connectivity index (χ2v) is 6.13. The van der Waals surface area contributed by atoms with Crippen LogP contribution in [0.3, 0.4) is 0 Å². The Morgan fingerprint density at radius 1 is 1.19 bits per heavy atom. The van der Waals surface area contributed by atoms with Gasteiger partial charge in [0.1, 0.15) is 0 Å². The maximum Gasteiger partial charge on any atom is 0.254 e. The lowest BCUT2D eigenvalue weighted by Gasteiger charge is -2.07. The third-order valence-electron chi connectivity index (χ3n) is 3.45. The Bertz CT molecular complexity index is 622. The fraction of sp³-hybridized carbons (Fsp3) is 0.412. The van der Waals surface area contributed by atoms with Gasteiger partial charge in [-0.05, 0) is 25.3 Å². The molecule has 0 bridgehead atoms. The molecule has 0 fully saturated rings. The molecule has 3 nitrogen and oxygen atoms in total. The number of hydrogen-bond acceptors (Lipinski definition) is 3. The second-order valence-electron chi connectivity index (χ2n) is 5.17. The number of nitrogens with one attached hydrogen (secondary N) is 1. The van der Waals surface area contributed by atoms with Gasteiger partial charge in [0.25, 0.3) is 5.56 Å². The van der Waals surface area contributed by atoms with Crippen molar-refractivity contribution in [3.63, 3.8) is 0 Å². The number of nitrogens with zero attached hydrogens (tertiary/aromatic N) is 1. The minimum absolute atomic E-state index is 0.0224. The van der Waals surface area contributed by atoms with Crippen molar-refractivity contribution in [1.29, 1.82) is 0 Å². The molecule has 2 rings (SSSR count). The van der Waals surface area contributed by atoms with Gasteiger partial charge >= 0.3 is 0 Å². The van der Waals surface area contributed by atoms with E-state index in [0.29, 0.717) is 5.16 Å². The topological polar surface area (TPSA) is 45.8 Å². The SMILES string of the molecule is CCCCCc1c(C)nc(SCc2ccccc2)[nH]c1=O. The van der Waals surface area contributed by atoms with Crippen molar-refractivity contribution in [3.8, 4) is 0 Å². The van der Waals surface area contributed by atoms with E-state index in [-0.39, 0.29) is 5.56 Å². The van der Waals surface area contributed by atoms with Crippen LogP contribution in [0.1, 0.15) is 43.0 Å². The predicted octanol–water partition coefficient (Wildman–Crippen LogP) is 4.10. The van der Waals surface area contributed by atoms with Gasteiger partial charge in [-0.3, -0.25) is 4.79 Å². The van der Waals surface area contributed by atoms with E-state index in [0.717, 1.165) is 42.7 Å². The molecule has 0 spiro atoms. The molecule has 0 saturated heterocycles. The Labute approximate surface area is 130 Å². The number of aromatic nitrogens is 2. The quantitative estimate of drug-likeness (QED) is 0.476. The molecule has 0 aliphatic carbocycles. The summed E-state index contributed by atoms with van der Waals surface area (Å²) in [4.78, 5) is 19.6. The van der Waals surface area contributed by atoms with E-state index in [2.05, 4.69) is 29.0 Å². The van der Waals surface area contributed by atoms with Crippen LogP contribution < -0.4 is 5.56 Å². The molecule has 1 aromatic heterocycles. The first-order valence-corrected chi connectivity index (χ1v) is 8.45. The minimum Gasteiger partial charge on any atom is -0.301 e. The van der Waals surface area contributed by atoms with Gasteiger partial charge in [0.15, 0.2) is 5.16 Å². The molecule has 1 heterocycles. The predicted molar refractivity (Wildman–Crippen MR) is 88.8 cm³/mol. The summed E-state index contributed by atoms with van der Waals surface area (Å²) in [6.07, 6.45) is 4.20. The van der Waals surface area contributed by atoms with Crippen LogP contribution in [0.4, 0.5) is 0 Å². The summed E-state index contributed by atoms with van der Waals surface area (Å²) in [5, 5.41) is 0.709. The molecule has 0 aliphatic heterocycles. The van der Waals surface area contributed by atoms with Gasteiger partial charge in [-0.15, -0.1) is 0 Å². The molecule has 0 amide bonds. The molecule has 0 saturated carbocycles. The van der Waals surface area contributed by atoms with Crippen molar-refractivity contribution in [2.75, 3.05) is 0 Å². The Balaban J connectivity index is 2.03. The molecule has 1 aromatic carbocycles. The number of hydrogen-bond donors (Lipinski definition) is 1. The number of benzene rings is 1. The van der Waals surface area contributed by atoms with Crippen LogP contribution in [0.5, 0.6) is 0 Å². The lowest BCUT2D eigenvalue weighted by molar-refractivity contribution is 0.701. The highest BCUT2D eigenvalue weighted by Crippen LogP contribution is 2.19. The number of H-pyrrole nitrogens is 1. The van der Waals surface area contributed by atoms with Crippen LogP contribution in [0.2, 0.25) is 0 Å². The second kappa shape index (κ2) is 8.03. The molecule has 0 aliphatic rings. The Morgan fingerprint density at radius 2 is 1.95 bits per heavy atom. The summed E-state index contributed by atoms with van der Waals surface area (Å²) >= 11 is 1.57. The van der Waals surface area contributed by atoms with Crippen LogP contribution in [-0.4, -0.2) is 9.97 Å². The van der Waals surface area contributed by atoms with Gasteiger partial charge in [0, 0.05) is 17.0 Å². The smallest absolute Gasteiger partial charge is 0.254 e. The summed E-state index contributed by atoms with van der Waals surface area (Å²) < 4.78 is 0. The van der Waals surface area contributed by atoms with Gasteiger partial charge in [-0.1, -0.05) is 61.9 Å². The number of aryl methyl sites for hydroxylation is 1. The number of thioether (sulfide) groups is 1. The van der Waals surface area contributed by atoms with Crippen LogP contribution >= 0.6 is 11.8 Å². The summed E-state index contributed by atoms with van der Waals surface area (Å²) in [5.41, 5.74) is 2.96. The van der Waals surface area contributed by atoms with Gasteiger partial charge in [0.05, 0.1) is 0 Å². The Kier molecular flexibility index (Phi) is 6.05. The van der Waals surface area contributed by atoms with Gasteiger partial charge in [0.2, 0.25) is 0 Å². The molecule has 0 radical (unpaired) electrons. The number of unbranched alkanes of at least 4 members (excludes halogenated alkanes) is 2. The van der Waals surface area contributed by atoms with Gasteiger partial charge in [-0.25, -0.2) is 4.98 Å². The molecular weight excluding hydrogens is 280 g/mol. The number of aromatic amines is 1. The van der Waals surface area contributed by atoms with Crippen molar-refractivity contribution in [2.45, 2.75) is 50.4 Å². The third-order valence-corrected chi connectivity index (χ3v) is 4.39. The lowest BCUT2D eigenvalue weighted by atomic mass is 10.1. The van der Waals surface area contributed by atoms with E-state index in [4.69, 9.17) is 0 Å². The minimum atomic E-state index is 0.0224. The van der Waals surface area contributed by atoms with E-state index in [1.807, 2.05) is 25.1 Å². The van der Waals surface area contributed by atoms with Crippen molar-refractivity contribution in [2.24, 2.45) is 0 Å². The summed E-state index contributed by atoms with van der Waals surface area (Å²) in [6, 6.07) is 10.2. The fourth-order valence-corrected chi connectivity index (χ4v) is 3.09. The van der Waals surface area contributed by atoms with E-state index in [1.54, 1.807) is 11.8 Å². The Hall–Kier alpha value is -1.55. The standard InChI is InChI=1S/C17H22N2OS/c1-3-4-6-11-15-13(2)18-17(19-16(15)20)21-12-14-9-7-5-8-10-14/h5,7-10H,3-4,6,11-12H2,1-2H3,(H,18,19,20). The van der Waals surface area contributed by atoms with Crippen LogP contribution in [0, 0.1) is 6.92 Å². The summed E-state index contributed by atoms with van der Waals surface area (Å²) in [7, 11) is 0. The molecule has 0 unspecified atom stereocenters. The maximum atomic E-state index is 12.2. The summed E-state index contributed by atoms with van der Waals surface area (Å²) in [5.74, 6) is 0.818. The van der Waals surface area contributed by atoms with E-state index in [1.165, 1.54) is 5.56 Å². The molecule has 21 heavy (non-hydrogen) atoms. The zero-order chi connectivity index (χ0) is 15.1. The van der Waals surface area contributed by atoms with Crippen LogP contribution in [-0.2, 0) is 12.2 Å². The largest absolute Gasteiger partial charge is 0.301 e. The molecule has 2 aromatic rings. The first-order valence-electron chi connectivity index (χ1n) is 7.47. The van der Waals surface area contributed by atoms with E-state index >= 15 is 0 Å². The molecular formula is C17H22N2OS. The highest BCUT2D eigenvalue weighted by Gasteiger charge is 2.08. The highest BCUT2D eigenvalue weighted by atomic mass is 32.2. The molecule has 1 N–H and O–H groups in total. The first-order chi connectivity index (χ1) is 10.2. The number of rotatable bonds is 7. The van der Waals surface area contributed by atoms with E-state index < -0.39 is 0 Å². The van der Waals surface area contributed by atoms with Crippen molar-refractivity contribution in [3.05, 3.63) is 57.5 Å². The van der Waals surface area contributed by atoms with Gasteiger partial charge in [-0.2, -0.15) is 0 Å². The zero-order valence-electron chi connectivity index (χ0n) is 12.7. The van der Waals surface area contributed by atoms with Crippen LogP contribution in [0.25, 0.3) is 0 Å². The molecule has 4 heteroatoms. The average molecular weight is 302 g/mol. The zero-order valence-corrected chi connectivity index (χ0v) is 13.5. The van der Waals surface area contributed by atoms with Crippen molar-refractivity contribution < 1.29 is 0 Å². The van der Waals surface area contributed by atoms with Gasteiger partial charge < -0.3 is 4.98 Å². The van der Waals surface area contributed by atoms with Crippen LogP contribution in [0.15, 0.2) is 40.3 Å². The highest BCUT2D eigenvalue weighted by molar-refractivity contribution is 7.98. The van der Waals surface area contributed by atoms with Crippen molar-refractivity contribution >= 4 is 11.8 Å². The Morgan fingerprint density at radius 3 is 2.62 bits per heavy atom. The lowest BCUT2D eigenvalue weighted by Crippen LogP contribution is -2.17. The maximum absolute atomic E-state index is 12.2. The van der Waals surface area contributed by atoms with Crippen molar-refractivity contribution in [1.82, 2.24) is 9.97 Å². The average Bonchev–Trinajstić information content (AvgIpc) is 2.49. The third kappa shape index (κ3) is 4.74. The normalized spacial score (nSPS) is 10.8. The summed E-state index contributed by atoms with van der Waals surface area (Å²) in [6.45, 7) is 4.10.